The summed E-state index contributed by atoms with van der Waals surface area (Å²) in [7, 11) is 0. The maximum Gasteiger partial charge on any atom is 0.126 e. The summed E-state index contributed by atoms with van der Waals surface area (Å²) in [4.78, 5) is 0. The molecule has 2 aromatic carbocycles. The highest BCUT2D eigenvalue weighted by Crippen LogP contribution is 2.41. The lowest BCUT2D eigenvalue weighted by Crippen LogP contribution is -2.24. The summed E-state index contributed by atoms with van der Waals surface area (Å²) in [6, 6.07) is 12.0. The van der Waals surface area contributed by atoms with E-state index in [1.165, 1.54) is 0 Å². The van der Waals surface area contributed by atoms with Crippen LogP contribution in [0.4, 0.5) is 0 Å². The normalized spacial score (nSPS) is 21.2. The molecule has 1 aliphatic heterocycles. The molecular weight excluding hydrogens is 338 g/mol. The predicted octanol–water partition coefficient (Wildman–Crippen LogP) is 4.93. The van der Waals surface area contributed by atoms with Gasteiger partial charge in [0.25, 0.3) is 0 Å². The van der Waals surface area contributed by atoms with Crippen LogP contribution in [-0.2, 0) is 0 Å². The van der Waals surface area contributed by atoms with Crippen molar-refractivity contribution in [2.45, 2.75) is 25.5 Å². The molecule has 20 heavy (non-hydrogen) atoms. The Morgan fingerprint density at radius 2 is 2.05 bits per heavy atom. The quantitative estimate of drug-likeness (QED) is 0.789. The maximum atomic E-state index is 6.26. The van der Waals surface area contributed by atoms with Crippen molar-refractivity contribution < 1.29 is 4.74 Å². The lowest BCUT2D eigenvalue weighted by molar-refractivity contribution is 0.161. The summed E-state index contributed by atoms with van der Waals surface area (Å²) < 4.78 is 7.09. The number of hydrogen-bond donors (Lipinski definition) is 1. The zero-order valence-corrected chi connectivity index (χ0v) is 13.4. The van der Waals surface area contributed by atoms with Gasteiger partial charge in [0.1, 0.15) is 11.9 Å². The van der Waals surface area contributed by atoms with E-state index in [1.54, 1.807) is 0 Å². The van der Waals surface area contributed by atoms with Gasteiger partial charge in [-0.3, -0.25) is 0 Å². The molecule has 1 heterocycles. The first-order valence-corrected chi connectivity index (χ1v) is 7.69. The van der Waals surface area contributed by atoms with E-state index in [0.29, 0.717) is 0 Å². The molecule has 104 valence electrons. The number of fused-ring (bicyclic) bond motifs is 1. The fourth-order valence-corrected chi connectivity index (χ4v) is 3.02. The molecule has 1 aliphatic rings. The Hall–Kier alpha value is -1.03. The second-order valence-electron chi connectivity index (χ2n) is 5.14. The molecule has 0 amide bonds. The largest absolute Gasteiger partial charge is 0.485 e. The predicted molar refractivity (Wildman–Crippen MR) is 85.2 cm³/mol. The lowest BCUT2D eigenvalue weighted by Gasteiger charge is -2.31. The van der Waals surface area contributed by atoms with E-state index in [1.807, 2.05) is 37.3 Å². The minimum atomic E-state index is -0.0510. The van der Waals surface area contributed by atoms with Gasteiger partial charge in [-0.25, -0.2) is 0 Å². The zero-order valence-electron chi connectivity index (χ0n) is 11.1. The molecule has 2 N–H and O–H groups in total. The molecule has 4 heteroatoms. The minimum absolute atomic E-state index is 0.0167. The van der Waals surface area contributed by atoms with Crippen LogP contribution >= 0.6 is 27.5 Å². The lowest BCUT2D eigenvalue weighted by atomic mass is 9.93. The van der Waals surface area contributed by atoms with Crippen LogP contribution in [0.5, 0.6) is 5.75 Å². The Bertz CT molecular complexity index is 659. The van der Waals surface area contributed by atoms with Gasteiger partial charge in [-0.15, -0.1) is 0 Å². The van der Waals surface area contributed by atoms with Gasteiger partial charge < -0.3 is 10.5 Å². The Morgan fingerprint density at radius 3 is 2.80 bits per heavy atom. The van der Waals surface area contributed by atoms with Crippen LogP contribution in [0, 0.1) is 6.92 Å². The van der Waals surface area contributed by atoms with Crippen molar-refractivity contribution >= 4 is 27.5 Å². The molecule has 2 nitrogen and oxygen atoms in total. The van der Waals surface area contributed by atoms with Crippen molar-refractivity contribution in [2.75, 3.05) is 0 Å². The molecular formula is C16H15BrClNO. The average molecular weight is 353 g/mol. The number of hydrogen-bond acceptors (Lipinski definition) is 2. The molecule has 2 aromatic rings. The summed E-state index contributed by atoms with van der Waals surface area (Å²) in [6.07, 6.45) is 0.707. The van der Waals surface area contributed by atoms with Crippen molar-refractivity contribution in [3.05, 3.63) is 62.6 Å². The first-order chi connectivity index (χ1) is 9.54. The summed E-state index contributed by atoms with van der Waals surface area (Å²) in [5.41, 5.74) is 9.46. The molecule has 0 aromatic heterocycles. The molecule has 0 bridgehead atoms. The highest BCUT2D eigenvalue weighted by atomic mass is 79.9. The topological polar surface area (TPSA) is 35.2 Å². The van der Waals surface area contributed by atoms with Crippen LogP contribution < -0.4 is 10.5 Å². The van der Waals surface area contributed by atoms with Gasteiger partial charge in [0.15, 0.2) is 0 Å². The summed E-state index contributed by atoms with van der Waals surface area (Å²) >= 11 is 9.67. The van der Waals surface area contributed by atoms with E-state index in [2.05, 4.69) is 22.0 Å². The second-order valence-corrected chi connectivity index (χ2v) is 6.46. The Morgan fingerprint density at radius 1 is 1.25 bits per heavy atom. The van der Waals surface area contributed by atoms with Gasteiger partial charge in [-0.2, -0.15) is 0 Å². The minimum Gasteiger partial charge on any atom is -0.485 e. The molecule has 0 saturated heterocycles. The number of halogens is 2. The van der Waals surface area contributed by atoms with Gasteiger partial charge >= 0.3 is 0 Å². The van der Waals surface area contributed by atoms with E-state index in [9.17, 15) is 0 Å². The monoisotopic (exact) mass is 351 g/mol. The average Bonchev–Trinajstić information content (AvgIpc) is 2.41. The van der Waals surface area contributed by atoms with Gasteiger partial charge in [-0.05, 0) is 36.2 Å². The Kier molecular flexibility index (Phi) is 3.76. The van der Waals surface area contributed by atoms with Crippen LogP contribution in [-0.4, -0.2) is 0 Å². The zero-order chi connectivity index (χ0) is 14.3. The Labute approximate surface area is 132 Å². The van der Waals surface area contributed by atoms with E-state index in [-0.39, 0.29) is 12.1 Å². The van der Waals surface area contributed by atoms with Gasteiger partial charge in [0.05, 0.1) is 0 Å². The summed E-state index contributed by atoms with van der Waals surface area (Å²) in [5.74, 6) is 0.847. The standard InChI is InChI=1S/C16H15BrClNO/c1-9-2-3-10(6-13(9)18)15-8-14(19)12-5-4-11(17)7-16(12)20-15/h2-7,14-15H,8,19H2,1H3. The molecule has 0 spiro atoms. The van der Waals surface area contributed by atoms with Crippen molar-refractivity contribution in [3.63, 3.8) is 0 Å². The third-order valence-electron chi connectivity index (χ3n) is 3.68. The maximum absolute atomic E-state index is 6.26. The smallest absolute Gasteiger partial charge is 0.126 e. The first kappa shape index (κ1) is 13.9. The Balaban J connectivity index is 1.96. The molecule has 0 aliphatic carbocycles. The van der Waals surface area contributed by atoms with Crippen LogP contribution in [0.1, 0.15) is 35.3 Å². The molecule has 3 rings (SSSR count). The molecule has 0 saturated carbocycles. The fourth-order valence-electron chi connectivity index (χ4n) is 2.49. The number of benzene rings is 2. The van der Waals surface area contributed by atoms with Crippen LogP contribution in [0.15, 0.2) is 40.9 Å². The number of nitrogens with two attached hydrogens (primary N) is 1. The van der Waals surface area contributed by atoms with Gasteiger partial charge in [0.2, 0.25) is 0 Å². The van der Waals surface area contributed by atoms with Crippen LogP contribution in [0.2, 0.25) is 5.02 Å². The number of rotatable bonds is 1. The van der Waals surface area contributed by atoms with Gasteiger partial charge in [0, 0.05) is 27.5 Å². The molecule has 0 radical (unpaired) electrons. The number of ether oxygens (including phenoxy) is 1. The second kappa shape index (κ2) is 5.40. The van der Waals surface area contributed by atoms with Crippen LogP contribution in [0.3, 0.4) is 0 Å². The fraction of sp³-hybridized carbons (Fsp3) is 0.250. The molecule has 0 fully saturated rings. The van der Waals surface area contributed by atoms with Crippen molar-refractivity contribution in [3.8, 4) is 5.75 Å². The SMILES string of the molecule is Cc1ccc(C2CC(N)c3ccc(Br)cc3O2)cc1Cl. The van der Waals surface area contributed by atoms with Crippen molar-refractivity contribution in [1.29, 1.82) is 0 Å². The highest BCUT2D eigenvalue weighted by molar-refractivity contribution is 9.10. The third-order valence-corrected chi connectivity index (χ3v) is 4.58. The number of aryl methyl sites for hydroxylation is 1. The van der Waals surface area contributed by atoms with Crippen LogP contribution in [0.25, 0.3) is 0 Å². The highest BCUT2D eigenvalue weighted by Gasteiger charge is 2.27. The van der Waals surface area contributed by atoms with E-state index >= 15 is 0 Å². The molecule has 2 unspecified atom stereocenters. The molecule has 2 atom stereocenters. The summed E-state index contributed by atoms with van der Waals surface area (Å²) in [6.45, 7) is 1.99. The van der Waals surface area contributed by atoms with Gasteiger partial charge in [-0.1, -0.05) is 45.7 Å². The van der Waals surface area contributed by atoms with E-state index in [0.717, 1.165) is 38.4 Å². The van der Waals surface area contributed by atoms with Crippen molar-refractivity contribution in [2.24, 2.45) is 5.73 Å². The van der Waals surface area contributed by atoms with E-state index in [4.69, 9.17) is 22.1 Å². The summed E-state index contributed by atoms with van der Waals surface area (Å²) in [5, 5.41) is 0.764. The first-order valence-electron chi connectivity index (χ1n) is 6.52. The van der Waals surface area contributed by atoms with E-state index < -0.39 is 0 Å². The van der Waals surface area contributed by atoms with Crippen molar-refractivity contribution in [1.82, 2.24) is 0 Å². The third kappa shape index (κ3) is 2.58.